The van der Waals surface area contributed by atoms with Gasteiger partial charge in [0.1, 0.15) is 5.56 Å². The summed E-state index contributed by atoms with van der Waals surface area (Å²) in [6, 6.07) is 9.85. The number of hydrogen-bond acceptors (Lipinski definition) is 3. The van der Waals surface area contributed by atoms with E-state index in [4.69, 9.17) is 5.11 Å². The molecule has 0 radical (unpaired) electrons. The molecule has 108 valence electrons. The molecule has 3 N–H and O–H groups in total. The lowest BCUT2D eigenvalue weighted by atomic mass is 10.1. The van der Waals surface area contributed by atoms with E-state index >= 15 is 0 Å². The number of anilines is 1. The number of aromatic nitrogens is 1. The van der Waals surface area contributed by atoms with Gasteiger partial charge < -0.3 is 15.4 Å². The molecule has 0 saturated heterocycles. The van der Waals surface area contributed by atoms with Gasteiger partial charge in [-0.3, -0.25) is 14.4 Å². The second-order valence-electron chi connectivity index (χ2n) is 4.46. The maximum atomic E-state index is 11.9. The fourth-order valence-electron chi connectivity index (χ4n) is 1.80. The topological polar surface area (TPSA) is 99.3 Å². The second kappa shape index (κ2) is 6.51. The van der Waals surface area contributed by atoms with E-state index in [1.54, 1.807) is 30.3 Å². The lowest BCUT2D eigenvalue weighted by Gasteiger charge is -2.05. The standard InChI is InChI=1S/C15H14N2O4/c18-13(19)8-5-10-3-6-11(7-4-10)17-15(21)12-2-1-9-16-14(12)20/h1-4,6-7,9H,5,8H2,(H,16,20)(H,17,21)(H,18,19). The van der Waals surface area contributed by atoms with Gasteiger partial charge in [0, 0.05) is 18.3 Å². The van der Waals surface area contributed by atoms with E-state index in [-0.39, 0.29) is 12.0 Å². The number of rotatable bonds is 5. The van der Waals surface area contributed by atoms with Crippen molar-refractivity contribution in [3.05, 3.63) is 64.1 Å². The largest absolute Gasteiger partial charge is 0.481 e. The summed E-state index contributed by atoms with van der Waals surface area (Å²) in [7, 11) is 0. The van der Waals surface area contributed by atoms with Gasteiger partial charge in [0.15, 0.2) is 0 Å². The molecule has 2 rings (SSSR count). The quantitative estimate of drug-likeness (QED) is 0.778. The molecule has 0 bridgehead atoms. The number of aryl methyl sites for hydroxylation is 1. The third-order valence-electron chi connectivity index (χ3n) is 2.90. The molecule has 6 nitrogen and oxygen atoms in total. The molecule has 1 heterocycles. The molecule has 0 fully saturated rings. The number of carboxylic acid groups (broad SMARTS) is 1. The van der Waals surface area contributed by atoms with Crippen molar-refractivity contribution in [2.45, 2.75) is 12.8 Å². The summed E-state index contributed by atoms with van der Waals surface area (Å²) in [5.74, 6) is -1.34. The van der Waals surface area contributed by atoms with Crippen molar-refractivity contribution in [2.24, 2.45) is 0 Å². The Balaban J connectivity index is 2.03. The van der Waals surface area contributed by atoms with Crippen LogP contribution in [0.5, 0.6) is 0 Å². The first-order valence-corrected chi connectivity index (χ1v) is 6.36. The van der Waals surface area contributed by atoms with Crippen molar-refractivity contribution >= 4 is 17.6 Å². The lowest BCUT2D eigenvalue weighted by molar-refractivity contribution is -0.136. The number of amides is 1. The number of aromatic amines is 1. The Morgan fingerprint density at radius 3 is 2.48 bits per heavy atom. The monoisotopic (exact) mass is 286 g/mol. The zero-order valence-corrected chi connectivity index (χ0v) is 11.1. The summed E-state index contributed by atoms with van der Waals surface area (Å²) in [6.07, 6.45) is 1.95. The number of carboxylic acids is 1. The van der Waals surface area contributed by atoms with Gasteiger partial charge in [-0.2, -0.15) is 0 Å². The van der Waals surface area contributed by atoms with Crippen molar-refractivity contribution in [2.75, 3.05) is 5.32 Å². The molecule has 0 aliphatic carbocycles. The molecule has 0 aliphatic rings. The number of H-pyrrole nitrogens is 1. The number of hydrogen-bond donors (Lipinski definition) is 3. The molecule has 0 unspecified atom stereocenters. The Kier molecular flexibility index (Phi) is 4.50. The van der Waals surface area contributed by atoms with Crippen molar-refractivity contribution in [3.63, 3.8) is 0 Å². The van der Waals surface area contributed by atoms with Crippen LogP contribution in [0.1, 0.15) is 22.3 Å². The predicted octanol–water partition coefficient (Wildman–Crippen LogP) is 1.64. The van der Waals surface area contributed by atoms with Crippen LogP contribution in [0, 0.1) is 0 Å². The zero-order chi connectivity index (χ0) is 15.2. The number of aliphatic carboxylic acids is 1. The van der Waals surface area contributed by atoms with Gasteiger partial charge in [0.05, 0.1) is 0 Å². The maximum Gasteiger partial charge on any atom is 0.303 e. The van der Waals surface area contributed by atoms with Crippen LogP contribution in [0.25, 0.3) is 0 Å². The molecular weight excluding hydrogens is 272 g/mol. The third-order valence-corrected chi connectivity index (χ3v) is 2.90. The summed E-state index contributed by atoms with van der Waals surface area (Å²) < 4.78 is 0. The van der Waals surface area contributed by atoms with Gasteiger partial charge in [0.25, 0.3) is 11.5 Å². The van der Waals surface area contributed by atoms with Crippen LogP contribution >= 0.6 is 0 Å². The van der Waals surface area contributed by atoms with Crippen molar-refractivity contribution in [1.29, 1.82) is 0 Å². The number of carbonyl (C=O) groups excluding carboxylic acids is 1. The van der Waals surface area contributed by atoms with E-state index in [0.717, 1.165) is 5.56 Å². The van der Waals surface area contributed by atoms with Crippen LogP contribution in [-0.4, -0.2) is 22.0 Å². The highest BCUT2D eigenvalue weighted by atomic mass is 16.4. The van der Waals surface area contributed by atoms with Crippen LogP contribution in [0.2, 0.25) is 0 Å². The Labute approximate surface area is 120 Å². The summed E-state index contributed by atoms with van der Waals surface area (Å²) in [4.78, 5) is 36.3. The minimum atomic E-state index is -0.851. The van der Waals surface area contributed by atoms with Gasteiger partial charge in [0.2, 0.25) is 0 Å². The SMILES string of the molecule is O=C(O)CCc1ccc(NC(=O)c2ccc[nH]c2=O)cc1. The first kappa shape index (κ1) is 14.5. The highest BCUT2D eigenvalue weighted by Gasteiger charge is 2.09. The van der Waals surface area contributed by atoms with Crippen LogP contribution in [0.15, 0.2) is 47.4 Å². The number of carbonyl (C=O) groups is 2. The molecule has 0 spiro atoms. The summed E-state index contributed by atoms with van der Waals surface area (Å²) in [6.45, 7) is 0. The van der Waals surface area contributed by atoms with Crippen LogP contribution in [-0.2, 0) is 11.2 Å². The smallest absolute Gasteiger partial charge is 0.303 e. The third kappa shape index (κ3) is 4.04. The average Bonchev–Trinajstić information content (AvgIpc) is 2.47. The maximum absolute atomic E-state index is 11.9. The first-order chi connectivity index (χ1) is 10.1. The van der Waals surface area contributed by atoms with Gasteiger partial charge in [-0.15, -0.1) is 0 Å². The van der Waals surface area contributed by atoms with E-state index in [1.165, 1.54) is 12.3 Å². The van der Waals surface area contributed by atoms with E-state index < -0.39 is 17.4 Å². The van der Waals surface area contributed by atoms with E-state index in [9.17, 15) is 14.4 Å². The normalized spacial score (nSPS) is 10.1. The fourth-order valence-corrected chi connectivity index (χ4v) is 1.80. The molecule has 6 heteroatoms. The van der Waals surface area contributed by atoms with Gasteiger partial charge in [-0.05, 0) is 36.2 Å². The first-order valence-electron chi connectivity index (χ1n) is 6.36. The molecule has 1 aromatic heterocycles. The molecule has 1 aromatic carbocycles. The molecule has 0 aliphatic heterocycles. The lowest BCUT2D eigenvalue weighted by Crippen LogP contribution is -2.22. The summed E-state index contributed by atoms with van der Waals surface area (Å²) >= 11 is 0. The van der Waals surface area contributed by atoms with Crippen LogP contribution in [0.4, 0.5) is 5.69 Å². The summed E-state index contributed by atoms with van der Waals surface area (Å²) in [5.41, 5.74) is 0.996. The highest BCUT2D eigenvalue weighted by molar-refractivity contribution is 6.03. The second-order valence-corrected chi connectivity index (χ2v) is 4.46. The predicted molar refractivity (Wildman–Crippen MR) is 77.4 cm³/mol. The molecule has 0 atom stereocenters. The Bertz CT molecular complexity index is 704. The Morgan fingerprint density at radius 1 is 1.14 bits per heavy atom. The molecule has 21 heavy (non-hydrogen) atoms. The van der Waals surface area contributed by atoms with Crippen LogP contribution < -0.4 is 10.9 Å². The molecule has 0 saturated carbocycles. The molecular formula is C15H14N2O4. The highest BCUT2D eigenvalue weighted by Crippen LogP contribution is 2.12. The number of nitrogens with one attached hydrogen (secondary N) is 2. The van der Waals surface area contributed by atoms with Crippen LogP contribution in [0.3, 0.4) is 0 Å². The van der Waals surface area contributed by atoms with Crippen molar-refractivity contribution in [1.82, 2.24) is 4.98 Å². The summed E-state index contributed by atoms with van der Waals surface area (Å²) in [5, 5.41) is 11.2. The minimum absolute atomic E-state index is 0.0347. The minimum Gasteiger partial charge on any atom is -0.481 e. The van der Waals surface area contributed by atoms with Gasteiger partial charge in [-0.1, -0.05) is 12.1 Å². The Morgan fingerprint density at radius 2 is 1.86 bits per heavy atom. The van der Waals surface area contributed by atoms with E-state index in [0.29, 0.717) is 12.1 Å². The van der Waals surface area contributed by atoms with Crippen molar-refractivity contribution in [3.8, 4) is 0 Å². The Hall–Kier alpha value is -2.89. The van der Waals surface area contributed by atoms with E-state index in [2.05, 4.69) is 10.3 Å². The van der Waals surface area contributed by atoms with Crippen molar-refractivity contribution < 1.29 is 14.7 Å². The molecule has 2 aromatic rings. The zero-order valence-electron chi connectivity index (χ0n) is 11.1. The average molecular weight is 286 g/mol. The van der Waals surface area contributed by atoms with Gasteiger partial charge in [-0.25, -0.2) is 0 Å². The fraction of sp³-hybridized carbons (Fsp3) is 0.133. The molecule has 1 amide bonds. The van der Waals surface area contributed by atoms with E-state index in [1.807, 2.05) is 0 Å². The van der Waals surface area contributed by atoms with Gasteiger partial charge >= 0.3 is 5.97 Å². The number of pyridine rings is 1. The number of benzene rings is 1.